The molecule has 0 fully saturated rings. The maximum absolute atomic E-state index is 12.7. The molecular weight excluding hydrogens is 213 g/mol. The lowest BCUT2D eigenvalue weighted by atomic mass is 10.2. The number of hydrogen-bond donors (Lipinski definition) is 1. The van der Waals surface area contributed by atoms with Gasteiger partial charge < -0.3 is 10.5 Å². The number of benzene rings is 1. The van der Waals surface area contributed by atoms with Crippen LogP contribution < -0.4 is 5.73 Å². The van der Waals surface area contributed by atoms with Gasteiger partial charge in [0.1, 0.15) is 5.82 Å². The van der Waals surface area contributed by atoms with Crippen LogP contribution in [-0.4, -0.2) is 19.5 Å². The Hall–Kier alpha value is -0.740. The third-order valence-electron chi connectivity index (χ3n) is 2.00. The van der Waals surface area contributed by atoms with Crippen LogP contribution in [0.1, 0.15) is 12.0 Å². The molecule has 0 aromatic heterocycles. The zero-order valence-corrected chi connectivity index (χ0v) is 9.65. The van der Waals surface area contributed by atoms with Crippen LogP contribution in [0.4, 0.5) is 10.1 Å². The Balaban J connectivity index is 2.31. The quantitative estimate of drug-likeness (QED) is 0.601. The second-order valence-electron chi connectivity index (χ2n) is 3.24. The van der Waals surface area contributed by atoms with Crippen molar-refractivity contribution in [3.63, 3.8) is 0 Å². The van der Waals surface area contributed by atoms with Crippen molar-refractivity contribution in [3.8, 4) is 0 Å². The lowest BCUT2D eigenvalue weighted by Crippen LogP contribution is -1.95. The molecule has 0 heterocycles. The molecular formula is C11H16FNOS. The first kappa shape index (κ1) is 12.3. The number of halogens is 1. The summed E-state index contributed by atoms with van der Waals surface area (Å²) in [6.45, 7) is 0.784. The molecule has 0 aliphatic rings. The molecule has 0 aliphatic heterocycles. The van der Waals surface area contributed by atoms with Gasteiger partial charge >= 0.3 is 0 Å². The highest BCUT2D eigenvalue weighted by atomic mass is 32.2. The van der Waals surface area contributed by atoms with Gasteiger partial charge in [0, 0.05) is 25.2 Å². The molecule has 0 bridgehead atoms. The highest BCUT2D eigenvalue weighted by Gasteiger charge is 2.00. The van der Waals surface area contributed by atoms with Crippen LogP contribution in [0, 0.1) is 5.82 Å². The summed E-state index contributed by atoms with van der Waals surface area (Å²) in [7, 11) is 1.70. The molecule has 0 atom stereocenters. The van der Waals surface area contributed by atoms with Crippen LogP contribution >= 0.6 is 11.8 Å². The Morgan fingerprint density at radius 2 is 2.27 bits per heavy atom. The van der Waals surface area contributed by atoms with Crippen LogP contribution in [0.25, 0.3) is 0 Å². The summed E-state index contributed by atoms with van der Waals surface area (Å²) in [5.41, 5.74) is 7.22. The van der Waals surface area contributed by atoms with Gasteiger partial charge in [-0.25, -0.2) is 4.39 Å². The minimum atomic E-state index is -0.277. The second-order valence-corrected chi connectivity index (χ2v) is 4.35. The molecule has 0 radical (unpaired) electrons. The molecule has 1 aromatic carbocycles. The standard InChI is InChI=1S/C11H16FNOS/c1-14-5-2-6-15-8-9-3-4-10(12)7-11(9)13/h3-4,7H,2,5-6,8,13H2,1H3. The van der Waals surface area contributed by atoms with Crippen LogP contribution in [-0.2, 0) is 10.5 Å². The molecule has 0 aliphatic carbocycles. The molecule has 2 nitrogen and oxygen atoms in total. The number of rotatable bonds is 6. The molecule has 0 saturated carbocycles. The van der Waals surface area contributed by atoms with Gasteiger partial charge in [-0.3, -0.25) is 0 Å². The maximum atomic E-state index is 12.7. The fourth-order valence-electron chi connectivity index (χ4n) is 1.18. The van der Waals surface area contributed by atoms with Gasteiger partial charge in [-0.15, -0.1) is 0 Å². The van der Waals surface area contributed by atoms with E-state index in [4.69, 9.17) is 10.5 Å². The fraction of sp³-hybridized carbons (Fsp3) is 0.455. The van der Waals surface area contributed by atoms with Crippen molar-refractivity contribution in [1.82, 2.24) is 0 Å². The van der Waals surface area contributed by atoms with Gasteiger partial charge in [-0.2, -0.15) is 11.8 Å². The average molecular weight is 229 g/mol. The predicted octanol–water partition coefficient (Wildman–Crippen LogP) is 2.68. The number of nitrogens with two attached hydrogens (primary N) is 1. The Morgan fingerprint density at radius 3 is 2.93 bits per heavy atom. The Bertz CT molecular complexity index is 307. The minimum absolute atomic E-state index is 0.277. The highest BCUT2D eigenvalue weighted by molar-refractivity contribution is 7.98. The fourth-order valence-corrected chi connectivity index (χ4v) is 2.13. The van der Waals surface area contributed by atoms with Crippen molar-refractivity contribution >= 4 is 17.4 Å². The van der Waals surface area contributed by atoms with Crippen LogP contribution in [0.5, 0.6) is 0 Å². The lowest BCUT2D eigenvalue weighted by molar-refractivity contribution is 0.200. The Kier molecular flexibility index (Phi) is 5.50. The van der Waals surface area contributed by atoms with E-state index in [1.54, 1.807) is 24.9 Å². The van der Waals surface area contributed by atoms with Crippen LogP contribution in [0.2, 0.25) is 0 Å². The first-order valence-corrected chi connectivity index (χ1v) is 6.00. The number of hydrogen-bond acceptors (Lipinski definition) is 3. The molecule has 0 unspecified atom stereocenters. The van der Waals surface area contributed by atoms with Gasteiger partial charge in [0.15, 0.2) is 0 Å². The summed E-state index contributed by atoms with van der Waals surface area (Å²) in [5.74, 6) is 1.58. The number of anilines is 1. The summed E-state index contributed by atoms with van der Waals surface area (Å²) >= 11 is 1.78. The zero-order chi connectivity index (χ0) is 11.1. The molecule has 4 heteroatoms. The van der Waals surface area contributed by atoms with Gasteiger partial charge in [0.2, 0.25) is 0 Å². The highest BCUT2D eigenvalue weighted by Crippen LogP contribution is 2.19. The summed E-state index contributed by atoms with van der Waals surface area (Å²) in [6.07, 6.45) is 1.03. The van der Waals surface area contributed by atoms with E-state index in [9.17, 15) is 4.39 Å². The van der Waals surface area contributed by atoms with E-state index in [1.165, 1.54) is 12.1 Å². The van der Waals surface area contributed by atoms with Crippen molar-refractivity contribution in [3.05, 3.63) is 29.6 Å². The average Bonchev–Trinajstić information content (AvgIpc) is 2.20. The zero-order valence-electron chi connectivity index (χ0n) is 8.83. The van der Waals surface area contributed by atoms with Gasteiger partial charge in [0.25, 0.3) is 0 Å². The first-order valence-electron chi connectivity index (χ1n) is 4.84. The summed E-state index contributed by atoms with van der Waals surface area (Å²) in [4.78, 5) is 0. The molecule has 0 spiro atoms. The van der Waals surface area contributed by atoms with E-state index in [0.29, 0.717) is 5.69 Å². The van der Waals surface area contributed by atoms with E-state index in [1.807, 2.05) is 0 Å². The smallest absolute Gasteiger partial charge is 0.125 e. The van der Waals surface area contributed by atoms with E-state index in [2.05, 4.69) is 0 Å². The summed E-state index contributed by atoms with van der Waals surface area (Å²) < 4.78 is 17.7. The van der Waals surface area contributed by atoms with E-state index in [-0.39, 0.29) is 5.82 Å². The van der Waals surface area contributed by atoms with Gasteiger partial charge in [0.05, 0.1) is 0 Å². The Labute approximate surface area is 94.0 Å². The Morgan fingerprint density at radius 1 is 1.47 bits per heavy atom. The van der Waals surface area contributed by atoms with Crippen LogP contribution in [0.3, 0.4) is 0 Å². The third-order valence-corrected chi connectivity index (χ3v) is 3.10. The number of ether oxygens (including phenoxy) is 1. The van der Waals surface area contributed by atoms with Gasteiger partial charge in [-0.1, -0.05) is 6.07 Å². The van der Waals surface area contributed by atoms with Crippen molar-refractivity contribution in [1.29, 1.82) is 0 Å². The molecule has 2 N–H and O–H groups in total. The minimum Gasteiger partial charge on any atom is -0.398 e. The largest absolute Gasteiger partial charge is 0.398 e. The molecule has 0 amide bonds. The number of nitrogen functional groups attached to an aromatic ring is 1. The lowest BCUT2D eigenvalue weighted by Gasteiger charge is -2.05. The summed E-state index contributed by atoms with van der Waals surface area (Å²) in [6, 6.07) is 4.56. The van der Waals surface area contributed by atoms with Gasteiger partial charge in [-0.05, 0) is 29.9 Å². The molecule has 1 aromatic rings. The summed E-state index contributed by atoms with van der Waals surface area (Å²) in [5, 5.41) is 0. The normalized spacial score (nSPS) is 10.5. The van der Waals surface area contributed by atoms with Crippen molar-refractivity contribution < 1.29 is 9.13 Å². The molecule has 0 saturated heterocycles. The van der Waals surface area contributed by atoms with E-state index >= 15 is 0 Å². The van der Waals surface area contributed by atoms with E-state index in [0.717, 1.165) is 30.1 Å². The number of thioether (sulfide) groups is 1. The molecule has 84 valence electrons. The van der Waals surface area contributed by atoms with E-state index < -0.39 is 0 Å². The van der Waals surface area contributed by atoms with Crippen LogP contribution in [0.15, 0.2) is 18.2 Å². The topological polar surface area (TPSA) is 35.2 Å². The second kappa shape index (κ2) is 6.69. The third kappa shape index (κ3) is 4.53. The molecule has 1 rings (SSSR count). The SMILES string of the molecule is COCCCSCc1ccc(F)cc1N. The number of methoxy groups -OCH3 is 1. The van der Waals surface area contributed by atoms with Crippen molar-refractivity contribution in [2.75, 3.05) is 25.2 Å². The van der Waals surface area contributed by atoms with Crippen molar-refractivity contribution in [2.24, 2.45) is 0 Å². The van der Waals surface area contributed by atoms with Crippen molar-refractivity contribution in [2.45, 2.75) is 12.2 Å². The molecule has 15 heavy (non-hydrogen) atoms. The first-order chi connectivity index (χ1) is 7.24. The predicted molar refractivity (Wildman–Crippen MR) is 63.5 cm³/mol. The maximum Gasteiger partial charge on any atom is 0.125 e. The monoisotopic (exact) mass is 229 g/mol.